The summed E-state index contributed by atoms with van der Waals surface area (Å²) in [5.41, 5.74) is 4.69. The average Bonchev–Trinajstić information content (AvgIpc) is 3.02. The number of carbonyl (C=O) groups excluding carboxylic acids is 2. The maximum Gasteiger partial charge on any atom is 0.225 e. The van der Waals surface area contributed by atoms with Crippen molar-refractivity contribution in [1.82, 2.24) is 10.2 Å². The van der Waals surface area contributed by atoms with Gasteiger partial charge in [-0.2, -0.15) is 0 Å². The van der Waals surface area contributed by atoms with E-state index in [-0.39, 0.29) is 17.7 Å². The molecule has 1 saturated heterocycles. The molecule has 1 N–H and O–H groups in total. The van der Waals surface area contributed by atoms with E-state index in [1.165, 1.54) is 16.7 Å². The normalized spacial score (nSPS) is 16.8. The number of hydrogen-bond acceptors (Lipinski definition) is 2. The Hall–Kier alpha value is -2.62. The summed E-state index contributed by atoms with van der Waals surface area (Å²) in [5, 5.41) is 3.01. The third kappa shape index (κ3) is 4.51. The van der Waals surface area contributed by atoms with E-state index in [1.54, 1.807) is 0 Å². The molecule has 4 nitrogen and oxygen atoms in total. The minimum absolute atomic E-state index is 0.0264. The van der Waals surface area contributed by atoms with Crippen LogP contribution in [-0.4, -0.2) is 29.8 Å². The van der Waals surface area contributed by atoms with Gasteiger partial charge in [-0.3, -0.25) is 9.59 Å². The summed E-state index contributed by atoms with van der Waals surface area (Å²) in [6, 6.07) is 16.4. The van der Waals surface area contributed by atoms with Gasteiger partial charge in [-0.1, -0.05) is 54.1 Å². The molecule has 0 radical (unpaired) electrons. The lowest BCUT2D eigenvalue weighted by Crippen LogP contribution is -2.33. The second-order valence-electron chi connectivity index (χ2n) is 7.12. The molecule has 136 valence electrons. The van der Waals surface area contributed by atoms with Crippen LogP contribution in [0.2, 0.25) is 0 Å². The summed E-state index contributed by atoms with van der Waals surface area (Å²) in [7, 11) is 0. The highest BCUT2D eigenvalue weighted by atomic mass is 16.2. The van der Waals surface area contributed by atoms with Crippen molar-refractivity contribution in [3.8, 4) is 0 Å². The van der Waals surface area contributed by atoms with E-state index in [2.05, 4.69) is 35.6 Å². The highest BCUT2D eigenvalue weighted by Gasteiger charge is 2.33. The SMILES string of the molecule is Cc1ccc(C)c(CNC(=O)C2CC(=O)N(CCc3ccccc3)C2)c1. The first kappa shape index (κ1) is 18.2. The Balaban J connectivity index is 1.51. The van der Waals surface area contributed by atoms with Gasteiger partial charge in [0.2, 0.25) is 11.8 Å². The van der Waals surface area contributed by atoms with E-state index in [0.29, 0.717) is 26.1 Å². The van der Waals surface area contributed by atoms with Crippen molar-refractivity contribution in [3.63, 3.8) is 0 Å². The summed E-state index contributed by atoms with van der Waals surface area (Å²) < 4.78 is 0. The number of aryl methyl sites for hydroxylation is 2. The Labute approximate surface area is 155 Å². The van der Waals surface area contributed by atoms with E-state index in [1.807, 2.05) is 36.9 Å². The molecule has 1 unspecified atom stereocenters. The second kappa shape index (κ2) is 8.17. The number of rotatable bonds is 6. The van der Waals surface area contributed by atoms with Crippen LogP contribution in [0, 0.1) is 19.8 Å². The number of hydrogen-bond donors (Lipinski definition) is 1. The van der Waals surface area contributed by atoms with Gasteiger partial charge in [0.1, 0.15) is 0 Å². The molecule has 2 aromatic carbocycles. The van der Waals surface area contributed by atoms with Gasteiger partial charge in [0.05, 0.1) is 5.92 Å². The Morgan fingerprint density at radius 1 is 1.15 bits per heavy atom. The second-order valence-corrected chi connectivity index (χ2v) is 7.12. The third-order valence-electron chi connectivity index (χ3n) is 5.06. The van der Waals surface area contributed by atoms with Crippen LogP contribution in [0.3, 0.4) is 0 Å². The molecule has 0 saturated carbocycles. The lowest BCUT2D eigenvalue weighted by Gasteiger charge is -2.17. The number of carbonyl (C=O) groups is 2. The number of benzene rings is 2. The molecule has 1 aliphatic rings. The highest BCUT2D eigenvalue weighted by Crippen LogP contribution is 2.19. The van der Waals surface area contributed by atoms with Crippen molar-refractivity contribution in [3.05, 3.63) is 70.8 Å². The summed E-state index contributed by atoms with van der Waals surface area (Å²) in [5.74, 6) is -0.197. The monoisotopic (exact) mass is 350 g/mol. The number of nitrogens with zero attached hydrogens (tertiary/aromatic N) is 1. The highest BCUT2D eigenvalue weighted by molar-refractivity contribution is 5.89. The minimum atomic E-state index is -0.247. The molecule has 1 heterocycles. The molecule has 26 heavy (non-hydrogen) atoms. The van der Waals surface area contributed by atoms with Crippen LogP contribution in [0.25, 0.3) is 0 Å². The number of amides is 2. The lowest BCUT2D eigenvalue weighted by molar-refractivity contribution is -0.129. The largest absolute Gasteiger partial charge is 0.352 e. The zero-order chi connectivity index (χ0) is 18.5. The van der Waals surface area contributed by atoms with Gasteiger partial charge < -0.3 is 10.2 Å². The van der Waals surface area contributed by atoms with Crippen LogP contribution in [-0.2, 0) is 22.6 Å². The molecule has 0 spiro atoms. The van der Waals surface area contributed by atoms with E-state index in [9.17, 15) is 9.59 Å². The van der Waals surface area contributed by atoms with Crippen LogP contribution >= 0.6 is 0 Å². The van der Waals surface area contributed by atoms with Gasteiger partial charge in [-0.05, 0) is 37.0 Å². The molecule has 0 aliphatic carbocycles. The van der Waals surface area contributed by atoms with Crippen molar-refractivity contribution >= 4 is 11.8 Å². The van der Waals surface area contributed by atoms with Gasteiger partial charge in [-0.15, -0.1) is 0 Å². The van der Waals surface area contributed by atoms with Gasteiger partial charge >= 0.3 is 0 Å². The fourth-order valence-corrected chi connectivity index (χ4v) is 3.39. The standard InChI is InChI=1S/C22H26N2O2/c1-16-8-9-17(2)19(12-16)14-23-22(26)20-13-21(25)24(15-20)11-10-18-6-4-3-5-7-18/h3-9,12,20H,10-11,13-15H2,1-2H3,(H,23,26). The fraction of sp³-hybridized carbons (Fsp3) is 0.364. The predicted molar refractivity (Wildman–Crippen MR) is 103 cm³/mol. The quantitative estimate of drug-likeness (QED) is 0.871. The zero-order valence-electron chi connectivity index (χ0n) is 15.5. The molecule has 3 rings (SSSR count). The molecule has 0 aromatic heterocycles. The van der Waals surface area contributed by atoms with Gasteiger partial charge in [0.15, 0.2) is 0 Å². The summed E-state index contributed by atoms with van der Waals surface area (Å²) in [4.78, 5) is 26.5. The van der Waals surface area contributed by atoms with Crippen molar-refractivity contribution in [2.24, 2.45) is 5.92 Å². The van der Waals surface area contributed by atoms with Crippen molar-refractivity contribution in [2.45, 2.75) is 33.2 Å². The van der Waals surface area contributed by atoms with Crippen LogP contribution in [0.15, 0.2) is 48.5 Å². The maximum absolute atomic E-state index is 12.5. The Morgan fingerprint density at radius 3 is 2.69 bits per heavy atom. The molecule has 1 aliphatic heterocycles. The van der Waals surface area contributed by atoms with Crippen molar-refractivity contribution in [2.75, 3.05) is 13.1 Å². The van der Waals surface area contributed by atoms with Crippen LogP contribution < -0.4 is 5.32 Å². The first-order valence-corrected chi connectivity index (χ1v) is 9.18. The minimum Gasteiger partial charge on any atom is -0.352 e. The third-order valence-corrected chi connectivity index (χ3v) is 5.06. The summed E-state index contributed by atoms with van der Waals surface area (Å²) in [6.07, 6.45) is 1.14. The average molecular weight is 350 g/mol. The Morgan fingerprint density at radius 2 is 1.92 bits per heavy atom. The molecular formula is C22H26N2O2. The molecule has 2 amide bonds. The summed E-state index contributed by atoms with van der Waals surface area (Å²) in [6.45, 7) is 5.80. The van der Waals surface area contributed by atoms with E-state index >= 15 is 0 Å². The van der Waals surface area contributed by atoms with Crippen LogP contribution in [0.5, 0.6) is 0 Å². The smallest absolute Gasteiger partial charge is 0.225 e. The zero-order valence-corrected chi connectivity index (χ0v) is 15.5. The molecule has 4 heteroatoms. The van der Waals surface area contributed by atoms with E-state index in [0.717, 1.165) is 12.0 Å². The number of likely N-dealkylation sites (tertiary alicyclic amines) is 1. The van der Waals surface area contributed by atoms with Gasteiger partial charge in [0.25, 0.3) is 0 Å². The van der Waals surface area contributed by atoms with Crippen molar-refractivity contribution in [1.29, 1.82) is 0 Å². The van der Waals surface area contributed by atoms with E-state index in [4.69, 9.17) is 0 Å². The fourth-order valence-electron chi connectivity index (χ4n) is 3.39. The Kier molecular flexibility index (Phi) is 5.71. The molecule has 1 atom stereocenters. The first-order chi connectivity index (χ1) is 12.5. The van der Waals surface area contributed by atoms with Crippen LogP contribution in [0.4, 0.5) is 0 Å². The van der Waals surface area contributed by atoms with Gasteiger partial charge in [0, 0.05) is 26.1 Å². The summed E-state index contributed by atoms with van der Waals surface area (Å²) >= 11 is 0. The van der Waals surface area contributed by atoms with Crippen LogP contribution in [0.1, 0.15) is 28.7 Å². The molecule has 1 fully saturated rings. The molecule has 2 aromatic rings. The maximum atomic E-state index is 12.5. The van der Waals surface area contributed by atoms with Gasteiger partial charge in [-0.25, -0.2) is 0 Å². The first-order valence-electron chi connectivity index (χ1n) is 9.18. The molecule has 0 bridgehead atoms. The molecular weight excluding hydrogens is 324 g/mol. The van der Waals surface area contributed by atoms with Crippen molar-refractivity contribution < 1.29 is 9.59 Å². The Bertz CT molecular complexity index is 786. The lowest BCUT2D eigenvalue weighted by atomic mass is 10.0. The van der Waals surface area contributed by atoms with E-state index < -0.39 is 0 Å². The number of nitrogens with one attached hydrogen (secondary N) is 1. The predicted octanol–water partition coefficient (Wildman–Crippen LogP) is 3.01. The topological polar surface area (TPSA) is 49.4 Å².